The second-order valence-corrected chi connectivity index (χ2v) is 6.43. The van der Waals surface area contributed by atoms with Crippen LogP contribution in [0.25, 0.3) is 0 Å². The number of urea groups is 1. The number of amides is 5. The number of fused-ring (bicyclic) bond motifs is 1. The monoisotopic (exact) mass is 387 g/mol. The van der Waals surface area contributed by atoms with Gasteiger partial charge in [-0.25, -0.2) is 9.59 Å². The van der Waals surface area contributed by atoms with E-state index in [1.807, 2.05) is 0 Å². The van der Waals surface area contributed by atoms with Crippen molar-refractivity contribution in [3.63, 3.8) is 0 Å². The molecule has 1 aliphatic rings. The number of rotatable bonds is 6. The molecule has 0 radical (unpaired) electrons. The molecule has 1 aromatic carbocycles. The molecule has 5 amide bonds. The van der Waals surface area contributed by atoms with Gasteiger partial charge in [-0.3, -0.25) is 24.6 Å². The third kappa shape index (κ3) is 4.43. The van der Waals surface area contributed by atoms with Gasteiger partial charge in [0.1, 0.15) is 0 Å². The van der Waals surface area contributed by atoms with Gasteiger partial charge in [0, 0.05) is 12.6 Å². The summed E-state index contributed by atoms with van der Waals surface area (Å²) in [5.74, 6) is -2.66. The van der Waals surface area contributed by atoms with Crippen molar-refractivity contribution in [2.45, 2.75) is 32.9 Å². The summed E-state index contributed by atoms with van der Waals surface area (Å²) in [5.41, 5.74) is 0.265. The standard InChI is InChI=1S/C19H21N3O6/c1-5-8-22-16(24)13-7-6-12(9-14(13)17(22)25)18(26)28-11(4)15(23)21-19(27)20-10(2)3/h5-7,9-11H,1,8H2,2-4H3,(H2,20,21,23,27)/t11-/m1/s1. The summed E-state index contributed by atoms with van der Waals surface area (Å²) in [4.78, 5) is 61.3. The van der Waals surface area contributed by atoms with E-state index >= 15 is 0 Å². The first kappa shape index (κ1) is 20.8. The molecule has 1 aliphatic heterocycles. The van der Waals surface area contributed by atoms with E-state index in [0.717, 1.165) is 4.90 Å². The van der Waals surface area contributed by atoms with E-state index in [1.165, 1.54) is 31.2 Å². The highest BCUT2D eigenvalue weighted by atomic mass is 16.5. The molecule has 2 N–H and O–H groups in total. The SMILES string of the molecule is C=CCN1C(=O)c2ccc(C(=O)O[C@H](C)C(=O)NC(=O)NC(C)C)cc2C1=O. The molecule has 148 valence electrons. The Bertz CT molecular complexity index is 861. The van der Waals surface area contributed by atoms with Crippen molar-refractivity contribution >= 4 is 29.7 Å². The molecule has 0 fully saturated rings. The zero-order valence-electron chi connectivity index (χ0n) is 15.8. The highest BCUT2D eigenvalue weighted by Crippen LogP contribution is 2.24. The van der Waals surface area contributed by atoms with Crippen molar-refractivity contribution in [2.24, 2.45) is 0 Å². The number of benzene rings is 1. The number of imide groups is 2. The van der Waals surface area contributed by atoms with Gasteiger partial charge in [-0.05, 0) is 39.0 Å². The van der Waals surface area contributed by atoms with Gasteiger partial charge in [-0.1, -0.05) is 6.08 Å². The summed E-state index contributed by atoms with van der Waals surface area (Å²) in [6.45, 7) is 8.32. The summed E-state index contributed by atoms with van der Waals surface area (Å²) in [7, 11) is 0. The molecule has 1 atom stereocenters. The summed E-state index contributed by atoms with van der Waals surface area (Å²) >= 11 is 0. The van der Waals surface area contributed by atoms with Crippen molar-refractivity contribution in [3.05, 3.63) is 47.5 Å². The fourth-order valence-electron chi connectivity index (χ4n) is 2.51. The van der Waals surface area contributed by atoms with Crippen LogP contribution in [0.15, 0.2) is 30.9 Å². The quantitative estimate of drug-likeness (QED) is 0.430. The lowest BCUT2D eigenvalue weighted by atomic mass is 10.1. The van der Waals surface area contributed by atoms with E-state index in [0.29, 0.717) is 0 Å². The van der Waals surface area contributed by atoms with E-state index in [9.17, 15) is 24.0 Å². The van der Waals surface area contributed by atoms with Crippen molar-refractivity contribution < 1.29 is 28.7 Å². The van der Waals surface area contributed by atoms with Crippen molar-refractivity contribution in [1.29, 1.82) is 0 Å². The molecular formula is C19H21N3O6. The topological polar surface area (TPSA) is 122 Å². The second-order valence-electron chi connectivity index (χ2n) is 6.43. The fourth-order valence-corrected chi connectivity index (χ4v) is 2.51. The van der Waals surface area contributed by atoms with Gasteiger partial charge >= 0.3 is 12.0 Å². The molecule has 0 saturated heterocycles. The van der Waals surface area contributed by atoms with Crippen molar-refractivity contribution in [1.82, 2.24) is 15.5 Å². The number of nitrogens with one attached hydrogen (secondary N) is 2. The van der Waals surface area contributed by atoms with Crippen molar-refractivity contribution in [3.8, 4) is 0 Å². The van der Waals surface area contributed by atoms with Crippen LogP contribution in [-0.2, 0) is 9.53 Å². The van der Waals surface area contributed by atoms with Crippen LogP contribution < -0.4 is 10.6 Å². The predicted octanol–water partition coefficient (Wildman–Crippen LogP) is 1.25. The van der Waals surface area contributed by atoms with E-state index in [-0.39, 0.29) is 29.3 Å². The number of ether oxygens (including phenoxy) is 1. The highest BCUT2D eigenvalue weighted by molar-refractivity contribution is 6.22. The number of carbonyl (C=O) groups excluding carboxylic acids is 5. The first-order chi connectivity index (χ1) is 13.1. The van der Waals surface area contributed by atoms with Gasteiger partial charge in [0.25, 0.3) is 17.7 Å². The Balaban J connectivity index is 2.07. The number of hydrogen-bond donors (Lipinski definition) is 2. The number of esters is 1. The minimum Gasteiger partial charge on any atom is -0.449 e. The molecule has 2 rings (SSSR count). The Morgan fingerprint density at radius 3 is 2.39 bits per heavy atom. The lowest BCUT2D eigenvalue weighted by molar-refractivity contribution is -0.127. The number of nitrogens with zero attached hydrogens (tertiary/aromatic N) is 1. The summed E-state index contributed by atoms with van der Waals surface area (Å²) in [6, 6.07) is 3.07. The van der Waals surface area contributed by atoms with Gasteiger partial charge in [-0.15, -0.1) is 6.58 Å². The fraction of sp³-hybridized carbons (Fsp3) is 0.316. The van der Waals surface area contributed by atoms with Crippen LogP contribution in [0.5, 0.6) is 0 Å². The van der Waals surface area contributed by atoms with E-state index in [1.54, 1.807) is 13.8 Å². The third-order valence-electron chi connectivity index (χ3n) is 3.83. The highest BCUT2D eigenvalue weighted by Gasteiger charge is 2.35. The summed E-state index contributed by atoms with van der Waals surface area (Å²) in [6.07, 6.45) is 0.181. The second kappa shape index (κ2) is 8.47. The zero-order chi connectivity index (χ0) is 21.0. The van der Waals surface area contributed by atoms with Crippen LogP contribution >= 0.6 is 0 Å². The molecule has 0 aromatic heterocycles. The molecule has 28 heavy (non-hydrogen) atoms. The molecule has 0 saturated carbocycles. The first-order valence-electron chi connectivity index (χ1n) is 8.59. The average molecular weight is 387 g/mol. The zero-order valence-corrected chi connectivity index (χ0v) is 15.8. The Morgan fingerprint density at radius 1 is 1.14 bits per heavy atom. The first-order valence-corrected chi connectivity index (χ1v) is 8.59. The van der Waals surface area contributed by atoms with E-state index in [4.69, 9.17) is 4.74 Å². The van der Waals surface area contributed by atoms with Crippen molar-refractivity contribution in [2.75, 3.05) is 6.54 Å². The van der Waals surface area contributed by atoms with Gasteiger partial charge in [0.15, 0.2) is 6.10 Å². The van der Waals surface area contributed by atoms with Crippen LogP contribution in [0.2, 0.25) is 0 Å². The number of carbonyl (C=O) groups is 5. The maximum Gasteiger partial charge on any atom is 0.338 e. The molecule has 9 heteroatoms. The Hall–Kier alpha value is -3.49. The predicted molar refractivity (Wildman–Crippen MR) is 98.7 cm³/mol. The normalized spacial score (nSPS) is 13.8. The Kier molecular flexibility index (Phi) is 6.29. The summed E-state index contributed by atoms with van der Waals surface area (Å²) in [5, 5.41) is 4.53. The van der Waals surface area contributed by atoms with Gasteiger partial charge in [0.05, 0.1) is 16.7 Å². The van der Waals surface area contributed by atoms with Crippen LogP contribution in [0.4, 0.5) is 4.79 Å². The third-order valence-corrected chi connectivity index (χ3v) is 3.83. The Morgan fingerprint density at radius 2 is 1.79 bits per heavy atom. The van der Waals surface area contributed by atoms with E-state index in [2.05, 4.69) is 17.2 Å². The maximum absolute atomic E-state index is 12.3. The minimum atomic E-state index is -1.24. The molecule has 9 nitrogen and oxygen atoms in total. The largest absolute Gasteiger partial charge is 0.449 e. The van der Waals surface area contributed by atoms with Gasteiger partial charge in [-0.2, -0.15) is 0 Å². The number of hydrogen-bond acceptors (Lipinski definition) is 6. The molecule has 0 aliphatic carbocycles. The molecule has 0 spiro atoms. The Labute approximate surface area is 161 Å². The smallest absolute Gasteiger partial charge is 0.338 e. The van der Waals surface area contributed by atoms with Crippen LogP contribution in [-0.4, -0.2) is 53.3 Å². The molecule has 0 bridgehead atoms. The lowest BCUT2D eigenvalue weighted by Crippen LogP contribution is -2.46. The molecule has 1 aromatic rings. The molecule has 0 unspecified atom stereocenters. The molecular weight excluding hydrogens is 366 g/mol. The van der Waals surface area contributed by atoms with E-state index < -0.39 is 35.8 Å². The summed E-state index contributed by atoms with van der Waals surface area (Å²) < 4.78 is 5.04. The van der Waals surface area contributed by atoms with Crippen LogP contribution in [0, 0.1) is 0 Å². The maximum atomic E-state index is 12.3. The molecule has 1 heterocycles. The van der Waals surface area contributed by atoms with Crippen LogP contribution in [0.3, 0.4) is 0 Å². The lowest BCUT2D eigenvalue weighted by Gasteiger charge is -2.14. The van der Waals surface area contributed by atoms with Gasteiger partial charge in [0.2, 0.25) is 0 Å². The van der Waals surface area contributed by atoms with Gasteiger partial charge < -0.3 is 10.1 Å². The minimum absolute atomic E-state index is 0.00614. The average Bonchev–Trinajstić information content (AvgIpc) is 2.85. The van der Waals surface area contributed by atoms with Crippen LogP contribution in [0.1, 0.15) is 51.8 Å².